The summed E-state index contributed by atoms with van der Waals surface area (Å²) in [7, 11) is 0. The van der Waals surface area contributed by atoms with Gasteiger partial charge in [-0.3, -0.25) is 34.2 Å². The Bertz CT molecular complexity index is 2450. The van der Waals surface area contributed by atoms with E-state index in [4.69, 9.17) is 16.9 Å². The van der Waals surface area contributed by atoms with E-state index in [9.17, 15) is 43.8 Å². The zero-order valence-corrected chi connectivity index (χ0v) is 44.6. The quantitative estimate of drug-likeness (QED) is 0.0142. The lowest BCUT2D eigenvalue weighted by Gasteiger charge is -2.30. The van der Waals surface area contributed by atoms with Gasteiger partial charge < -0.3 is 58.9 Å². The summed E-state index contributed by atoms with van der Waals surface area (Å²) >= 11 is 0. The normalized spacial score (nSPS) is 15.3. The van der Waals surface area contributed by atoms with Gasteiger partial charge in [-0.1, -0.05) is 96.1 Å². The molecule has 1 saturated carbocycles. The Morgan fingerprint density at radius 3 is 1.76 bits per heavy atom. The molecule has 5 atom stereocenters. The monoisotopic (exact) mass is 1040 g/mol. The summed E-state index contributed by atoms with van der Waals surface area (Å²) < 4.78 is 0. The van der Waals surface area contributed by atoms with Crippen LogP contribution >= 0.6 is 0 Å². The summed E-state index contributed by atoms with van der Waals surface area (Å²) in [5.41, 5.74) is 13.7. The number of unbranched alkanes of at least 4 members (excludes halogenated alkanes) is 2. The number of hydrogen-bond donors (Lipinski definition) is 12. The molecule has 0 aliphatic heterocycles. The summed E-state index contributed by atoms with van der Waals surface area (Å²) in [6.07, 6.45) is 3.86. The molecule has 0 bridgehead atoms. The number of rotatable bonds is 31. The van der Waals surface area contributed by atoms with E-state index in [-0.39, 0.29) is 85.9 Å². The van der Waals surface area contributed by atoms with Crippen LogP contribution in [0.4, 0.5) is 0 Å². The number of nitrogens with two attached hydrogens (primary N) is 2. The lowest BCUT2D eigenvalue weighted by atomic mass is 9.73. The second-order valence-electron chi connectivity index (χ2n) is 21.3. The first-order chi connectivity index (χ1) is 35.5. The minimum atomic E-state index is -1.36. The molecule has 0 radical (unpaired) electrons. The molecule has 4 rings (SSSR count). The van der Waals surface area contributed by atoms with E-state index in [1.54, 1.807) is 18.2 Å². The third kappa shape index (κ3) is 21.1. The van der Waals surface area contributed by atoms with Crippen LogP contribution in [0.2, 0.25) is 0 Å². The summed E-state index contributed by atoms with van der Waals surface area (Å²) in [4.78, 5) is 95.5. The SMILES string of the molecule is CC(C)CC(NCCCC[C@H](N)C(=O)N[C@@H](Cc1ccc(O)cc1)C(=O)N[C@@H](CCCCNC(C)C)C(=O)N[C@H](CCCNC(=N)N)C(=O)N[C@@H](Cc1ccc2ccccc2c1)C(=O)O)=C1C(=O)CC(C)(C)CC1=O. The average molecular weight is 1040 g/mol. The van der Waals surface area contributed by atoms with E-state index < -0.39 is 65.2 Å². The maximum Gasteiger partial charge on any atom is 0.326 e. The number of carboxylic acids is 1. The largest absolute Gasteiger partial charge is 0.508 e. The van der Waals surface area contributed by atoms with Crippen molar-refractivity contribution in [2.45, 2.75) is 161 Å². The maximum absolute atomic E-state index is 14.4. The Labute approximate surface area is 441 Å². The molecule has 4 amide bonds. The highest BCUT2D eigenvalue weighted by Gasteiger charge is 2.38. The van der Waals surface area contributed by atoms with Crippen LogP contribution in [0.5, 0.6) is 5.75 Å². The Hall–Kier alpha value is -6.86. The van der Waals surface area contributed by atoms with Gasteiger partial charge in [-0.25, -0.2) is 4.79 Å². The van der Waals surface area contributed by atoms with Gasteiger partial charge in [0.15, 0.2) is 17.5 Å². The number of nitrogens with one attached hydrogen (secondary N) is 8. The number of carboxylic acid groups (broad SMARTS) is 1. The molecule has 1 fully saturated rings. The highest BCUT2D eigenvalue weighted by atomic mass is 16.4. The van der Waals surface area contributed by atoms with Gasteiger partial charge >= 0.3 is 5.97 Å². The van der Waals surface area contributed by atoms with Crippen molar-refractivity contribution in [3.63, 3.8) is 0 Å². The lowest BCUT2D eigenvalue weighted by Crippen LogP contribution is -2.59. The van der Waals surface area contributed by atoms with E-state index >= 15 is 0 Å². The molecule has 410 valence electrons. The van der Waals surface area contributed by atoms with Gasteiger partial charge in [-0.2, -0.15) is 0 Å². The number of fused-ring (bicyclic) bond motifs is 1. The number of phenols is 1. The number of allylic oxidation sites excluding steroid dienone is 2. The summed E-state index contributed by atoms with van der Waals surface area (Å²) in [6, 6.07) is 13.3. The number of ketones is 2. The topological polar surface area (TPSA) is 320 Å². The molecule has 19 heteroatoms. The smallest absolute Gasteiger partial charge is 0.326 e. The minimum absolute atomic E-state index is 0.00331. The number of hydrogen-bond acceptors (Lipinski definition) is 12. The second kappa shape index (κ2) is 29.9. The molecular formula is C56H82N10O9. The van der Waals surface area contributed by atoms with E-state index in [0.29, 0.717) is 74.9 Å². The minimum Gasteiger partial charge on any atom is -0.508 e. The number of aromatic hydroxyl groups is 1. The first kappa shape index (κ1) is 60.7. The number of benzene rings is 3. The predicted octanol–water partition coefficient (Wildman–Crippen LogP) is 4.13. The summed E-state index contributed by atoms with van der Waals surface area (Å²) in [5, 5.41) is 50.0. The van der Waals surface area contributed by atoms with E-state index in [1.165, 1.54) is 12.1 Å². The highest BCUT2D eigenvalue weighted by Crippen LogP contribution is 2.35. The van der Waals surface area contributed by atoms with Crippen molar-refractivity contribution in [2.24, 2.45) is 22.8 Å². The standard InChI is InChI=1S/C56H82N10O9/c1-34(2)28-44(49-47(68)32-56(5,6)33-48(49)69)61-26-11-9-16-41(57)50(70)65-45(30-36-20-23-40(67)24-21-36)53(73)64-42(17-10-12-25-60-35(3)4)51(71)63-43(18-13-27-62-55(58)59)52(72)66-46(54(74)75)31-37-19-22-38-14-7-8-15-39(38)29-37/h7-8,14-15,19-24,29,34-35,41-43,45-46,60-61,67H,9-13,16-18,25-28,30-33,57H2,1-6H3,(H,63,71)(H,64,73)(H,65,70)(H,66,72)(H,74,75)(H4,58,59,62)/t41-,42-,43+,45-,46-/m0/s1. The number of guanidine groups is 1. The number of carbonyl (C=O) groups is 7. The fourth-order valence-electron chi connectivity index (χ4n) is 9.04. The Kier molecular flexibility index (Phi) is 24.2. The van der Waals surface area contributed by atoms with Gasteiger partial charge in [0.1, 0.15) is 29.9 Å². The zero-order valence-electron chi connectivity index (χ0n) is 44.6. The van der Waals surface area contributed by atoms with Crippen molar-refractivity contribution in [2.75, 3.05) is 19.6 Å². The number of Topliss-reactive ketones (excluding diaryl/α,β-unsaturated/α-hetero) is 2. The molecule has 75 heavy (non-hydrogen) atoms. The molecule has 3 aromatic rings. The molecule has 0 unspecified atom stereocenters. The molecule has 1 aliphatic carbocycles. The van der Waals surface area contributed by atoms with Gasteiger partial charge in [0.25, 0.3) is 0 Å². The van der Waals surface area contributed by atoms with Gasteiger partial charge in [-0.15, -0.1) is 0 Å². The van der Waals surface area contributed by atoms with Crippen molar-refractivity contribution in [1.29, 1.82) is 5.41 Å². The predicted molar refractivity (Wildman–Crippen MR) is 290 cm³/mol. The van der Waals surface area contributed by atoms with Crippen molar-refractivity contribution in [3.05, 3.63) is 89.1 Å². The lowest BCUT2D eigenvalue weighted by molar-refractivity contribution is -0.142. The maximum atomic E-state index is 14.4. The highest BCUT2D eigenvalue weighted by molar-refractivity contribution is 6.22. The molecule has 1 aliphatic rings. The Morgan fingerprint density at radius 1 is 0.640 bits per heavy atom. The second-order valence-corrected chi connectivity index (χ2v) is 21.3. The van der Waals surface area contributed by atoms with Crippen LogP contribution in [0, 0.1) is 16.7 Å². The number of phenolic OH excluding ortho intramolecular Hbond substituents is 1. The molecule has 19 nitrogen and oxygen atoms in total. The molecule has 3 aromatic carbocycles. The molecule has 0 spiro atoms. The van der Waals surface area contributed by atoms with Crippen LogP contribution in [0.1, 0.15) is 123 Å². The Balaban J connectivity index is 1.51. The molecule has 14 N–H and O–H groups in total. The third-order valence-corrected chi connectivity index (χ3v) is 13.0. The van der Waals surface area contributed by atoms with Crippen LogP contribution in [-0.2, 0) is 46.4 Å². The van der Waals surface area contributed by atoms with Gasteiger partial charge in [-0.05, 0) is 110 Å². The molecule has 0 aromatic heterocycles. The number of aliphatic carboxylic acids is 1. The fourth-order valence-corrected chi connectivity index (χ4v) is 9.04. The number of carbonyl (C=O) groups excluding carboxylic acids is 6. The first-order valence-corrected chi connectivity index (χ1v) is 26.3. The van der Waals surface area contributed by atoms with Crippen LogP contribution in [-0.4, -0.2) is 113 Å². The van der Waals surface area contributed by atoms with Crippen LogP contribution in [0.3, 0.4) is 0 Å². The van der Waals surface area contributed by atoms with E-state index in [0.717, 1.165) is 10.8 Å². The zero-order chi connectivity index (χ0) is 55.2. The third-order valence-electron chi connectivity index (χ3n) is 13.0. The molecular weight excluding hydrogens is 957 g/mol. The van der Waals surface area contributed by atoms with Crippen molar-refractivity contribution < 1.29 is 43.8 Å². The Morgan fingerprint density at radius 2 is 1.16 bits per heavy atom. The average Bonchev–Trinajstić information content (AvgIpc) is 3.33. The van der Waals surface area contributed by atoms with Crippen molar-refractivity contribution in [3.8, 4) is 5.75 Å². The van der Waals surface area contributed by atoms with Gasteiger partial charge in [0.05, 0.1) is 11.6 Å². The van der Waals surface area contributed by atoms with Crippen molar-refractivity contribution in [1.82, 2.24) is 37.2 Å². The van der Waals surface area contributed by atoms with E-state index in [2.05, 4.69) is 37.2 Å². The fraction of sp³-hybridized carbons (Fsp3) is 0.536. The van der Waals surface area contributed by atoms with Crippen molar-refractivity contribution >= 4 is 57.9 Å². The van der Waals surface area contributed by atoms with Gasteiger partial charge in [0, 0.05) is 50.5 Å². The van der Waals surface area contributed by atoms with E-state index in [1.807, 2.05) is 77.9 Å². The molecule has 0 saturated heterocycles. The van der Waals surface area contributed by atoms with Gasteiger partial charge in [0.2, 0.25) is 23.6 Å². The van der Waals surface area contributed by atoms with Crippen LogP contribution < -0.4 is 48.7 Å². The first-order valence-electron chi connectivity index (χ1n) is 26.3. The molecule has 0 heterocycles. The van der Waals surface area contributed by atoms with Crippen LogP contribution in [0.25, 0.3) is 10.8 Å². The van der Waals surface area contributed by atoms with Crippen LogP contribution in [0.15, 0.2) is 78.0 Å². The summed E-state index contributed by atoms with van der Waals surface area (Å²) in [6.45, 7) is 13.1. The summed E-state index contributed by atoms with van der Waals surface area (Å²) in [5.74, 6) is -4.49. The number of amides is 4.